The van der Waals surface area contributed by atoms with Crippen molar-refractivity contribution in [3.05, 3.63) is 57.8 Å². The summed E-state index contributed by atoms with van der Waals surface area (Å²) in [6.45, 7) is 5.13. The van der Waals surface area contributed by atoms with E-state index < -0.39 is 6.04 Å². The molecule has 2 heterocycles. The van der Waals surface area contributed by atoms with E-state index in [1.165, 1.54) is 16.9 Å². The number of amides is 2. The maximum absolute atomic E-state index is 12.9. The van der Waals surface area contributed by atoms with Gasteiger partial charge in [-0.05, 0) is 30.9 Å². The normalized spacial score (nSPS) is 18.6. The summed E-state index contributed by atoms with van der Waals surface area (Å²) in [5, 5.41) is 1.94. The fourth-order valence-electron chi connectivity index (χ4n) is 2.91. The molecule has 3 rings (SSSR count). The third-order valence-electron chi connectivity index (χ3n) is 4.15. The SMILES string of the molecule is CCN1C(=O)CN(Cc2ccc(C)cc2)C(=O)[C@H]1c1cccs1. The van der Waals surface area contributed by atoms with Gasteiger partial charge in [-0.1, -0.05) is 35.9 Å². The lowest BCUT2D eigenvalue weighted by Gasteiger charge is -2.39. The Morgan fingerprint density at radius 2 is 1.91 bits per heavy atom. The van der Waals surface area contributed by atoms with Gasteiger partial charge in [-0.3, -0.25) is 9.59 Å². The Hall–Kier alpha value is -2.14. The van der Waals surface area contributed by atoms with Gasteiger partial charge in [-0.25, -0.2) is 0 Å². The van der Waals surface area contributed by atoms with Gasteiger partial charge < -0.3 is 9.80 Å². The molecule has 120 valence electrons. The summed E-state index contributed by atoms with van der Waals surface area (Å²) in [4.78, 5) is 29.7. The Kier molecular flexibility index (Phi) is 4.48. The first-order valence-corrected chi connectivity index (χ1v) is 8.65. The molecule has 0 saturated carbocycles. The Morgan fingerprint density at radius 1 is 1.17 bits per heavy atom. The highest BCUT2D eigenvalue weighted by Crippen LogP contribution is 2.31. The third kappa shape index (κ3) is 3.15. The van der Waals surface area contributed by atoms with E-state index in [-0.39, 0.29) is 18.4 Å². The van der Waals surface area contributed by atoms with Crippen molar-refractivity contribution in [3.63, 3.8) is 0 Å². The number of hydrogen-bond donors (Lipinski definition) is 0. The van der Waals surface area contributed by atoms with Crippen molar-refractivity contribution in [3.8, 4) is 0 Å². The van der Waals surface area contributed by atoms with Crippen molar-refractivity contribution < 1.29 is 9.59 Å². The van der Waals surface area contributed by atoms with Gasteiger partial charge in [-0.2, -0.15) is 0 Å². The molecule has 1 saturated heterocycles. The Morgan fingerprint density at radius 3 is 2.52 bits per heavy atom. The number of carbonyl (C=O) groups excluding carboxylic acids is 2. The minimum Gasteiger partial charge on any atom is -0.327 e. The maximum atomic E-state index is 12.9. The van der Waals surface area contributed by atoms with Crippen LogP contribution in [0.1, 0.15) is 29.0 Å². The summed E-state index contributed by atoms with van der Waals surface area (Å²) in [5.41, 5.74) is 2.23. The Balaban J connectivity index is 1.86. The van der Waals surface area contributed by atoms with Crippen LogP contribution in [-0.4, -0.2) is 34.7 Å². The standard InChI is InChI=1S/C18H20N2O2S/c1-3-20-16(21)12-19(11-14-8-6-13(2)7-9-14)18(22)17(20)15-5-4-10-23-15/h4-10,17H,3,11-12H2,1-2H3/t17-/m1/s1. The molecule has 0 spiro atoms. The predicted molar refractivity (Wildman–Crippen MR) is 91.0 cm³/mol. The molecular weight excluding hydrogens is 308 g/mol. The summed E-state index contributed by atoms with van der Waals surface area (Å²) in [6.07, 6.45) is 0. The van der Waals surface area contributed by atoms with Gasteiger partial charge in [0.25, 0.3) is 5.91 Å². The highest BCUT2D eigenvalue weighted by Gasteiger charge is 2.39. The quantitative estimate of drug-likeness (QED) is 0.866. The summed E-state index contributed by atoms with van der Waals surface area (Å²) in [6, 6.07) is 11.5. The van der Waals surface area contributed by atoms with Crippen molar-refractivity contribution in [2.75, 3.05) is 13.1 Å². The van der Waals surface area contributed by atoms with Crippen LogP contribution < -0.4 is 0 Å². The molecule has 1 atom stereocenters. The van der Waals surface area contributed by atoms with Gasteiger partial charge in [0, 0.05) is 18.0 Å². The zero-order chi connectivity index (χ0) is 16.4. The molecule has 4 nitrogen and oxygen atoms in total. The zero-order valence-electron chi connectivity index (χ0n) is 13.4. The molecule has 1 aliphatic heterocycles. The fourth-order valence-corrected chi connectivity index (χ4v) is 3.74. The predicted octanol–water partition coefficient (Wildman–Crippen LogP) is 2.99. The van der Waals surface area contributed by atoms with Crippen LogP contribution in [0, 0.1) is 6.92 Å². The van der Waals surface area contributed by atoms with Crippen LogP contribution in [0.25, 0.3) is 0 Å². The number of piperazine rings is 1. The number of likely N-dealkylation sites (N-methyl/N-ethyl adjacent to an activating group) is 1. The van der Waals surface area contributed by atoms with Gasteiger partial charge in [0.1, 0.15) is 12.6 Å². The molecule has 1 aromatic carbocycles. The van der Waals surface area contributed by atoms with E-state index in [1.807, 2.05) is 55.6 Å². The number of benzene rings is 1. The smallest absolute Gasteiger partial charge is 0.251 e. The average Bonchev–Trinajstić information content (AvgIpc) is 3.06. The minimum absolute atomic E-state index is 0.00877. The third-order valence-corrected chi connectivity index (χ3v) is 5.08. The fraction of sp³-hybridized carbons (Fsp3) is 0.333. The molecule has 2 amide bonds. The molecule has 1 fully saturated rings. The molecule has 1 aromatic heterocycles. The molecule has 2 aromatic rings. The van der Waals surface area contributed by atoms with Crippen LogP contribution in [0.2, 0.25) is 0 Å². The summed E-state index contributed by atoms with van der Waals surface area (Å²) < 4.78 is 0. The molecule has 0 radical (unpaired) electrons. The van der Waals surface area contributed by atoms with Crippen LogP contribution in [0.3, 0.4) is 0 Å². The molecular formula is C18H20N2O2S. The number of nitrogens with zero attached hydrogens (tertiary/aromatic N) is 2. The van der Waals surface area contributed by atoms with Crippen LogP contribution in [0.5, 0.6) is 0 Å². The maximum Gasteiger partial charge on any atom is 0.251 e. The zero-order valence-corrected chi connectivity index (χ0v) is 14.2. The van der Waals surface area contributed by atoms with E-state index in [2.05, 4.69) is 0 Å². The van der Waals surface area contributed by atoms with Crippen molar-refractivity contribution in [2.45, 2.75) is 26.4 Å². The van der Waals surface area contributed by atoms with Gasteiger partial charge in [-0.15, -0.1) is 11.3 Å². The largest absolute Gasteiger partial charge is 0.327 e. The van der Waals surface area contributed by atoms with E-state index in [0.29, 0.717) is 13.1 Å². The molecule has 0 unspecified atom stereocenters. The number of hydrogen-bond acceptors (Lipinski definition) is 3. The Bertz CT molecular complexity index is 694. The first-order chi connectivity index (χ1) is 11.1. The van der Waals surface area contributed by atoms with Crippen LogP contribution >= 0.6 is 11.3 Å². The molecule has 5 heteroatoms. The van der Waals surface area contributed by atoms with E-state index in [9.17, 15) is 9.59 Å². The first kappa shape index (κ1) is 15.7. The van der Waals surface area contributed by atoms with Crippen LogP contribution in [-0.2, 0) is 16.1 Å². The summed E-state index contributed by atoms with van der Waals surface area (Å²) >= 11 is 1.52. The molecule has 0 N–H and O–H groups in total. The summed E-state index contributed by atoms with van der Waals surface area (Å²) in [7, 11) is 0. The van der Waals surface area contributed by atoms with E-state index in [0.717, 1.165) is 10.4 Å². The second kappa shape index (κ2) is 6.54. The lowest BCUT2D eigenvalue weighted by Crippen LogP contribution is -2.54. The van der Waals surface area contributed by atoms with E-state index >= 15 is 0 Å². The van der Waals surface area contributed by atoms with Crippen LogP contribution in [0.15, 0.2) is 41.8 Å². The Labute approximate surface area is 140 Å². The molecule has 23 heavy (non-hydrogen) atoms. The summed E-state index contributed by atoms with van der Waals surface area (Å²) in [5.74, 6) is 0.0205. The minimum atomic E-state index is -0.480. The van der Waals surface area contributed by atoms with Gasteiger partial charge in [0.2, 0.25) is 5.91 Å². The molecule has 0 bridgehead atoms. The second-order valence-corrected chi connectivity index (χ2v) is 6.76. The molecule has 0 aliphatic carbocycles. The van der Waals surface area contributed by atoms with Gasteiger partial charge in [0.05, 0.1) is 0 Å². The number of carbonyl (C=O) groups is 2. The monoisotopic (exact) mass is 328 g/mol. The van der Waals surface area contributed by atoms with E-state index in [1.54, 1.807) is 9.80 Å². The number of aryl methyl sites for hydroxylation is 1. The topological polar surface area (TPSA) is 40.6 Å². The van der Waals surface area contributed by atoms with Crippen molar-refractivity contribution in [2.24, 2.45) is 0 Å². The first-order valence-electron chi connectivity index (χ1n) is 7.77. The van der Waals surface area contributed by atoms with Crippen molar-refractivity contribution >= 4 is 23.2 Å². The van der Waals surface area contributed by atoms with Crippen molar-refractivity contribution in [1.29, 1.82) is 0 Å². The average molecular weight is 328 g/mol. The second-order valence-electron chi connectivity index (χ2n) is 5.78. The van der Waals surface area contributed by atoms with Gasteiger partial charge >= 0.3 is 0 Å². The number of thiophene rings is 1. The highest BCUT2D eigenvalue weighted by atomic mass is 32.1. The van der Waals surface area contributed by atoms with Crippen molar-refractivity contribution in [1.82, 2.24) is 9.80 Å². The number of rotatable bonds is 4. The van der Waals surface area contributed by atoms with Crippen LogP contribution in [0.4, 0.5) is 0 Å². The highest BCUT2D eigenvalue weighted by molar-refractivity contribution is 7.10. The molecule has 1 aliphatic rings. The van der Waals surface area contributed by atoms with E-state index in [4.69, 9.17) is 0 Å². The van der Waals surface area contributed by atoms with Gasteiger partial charge in [0.15, 0.2) is 0 Å². The lowest BCUT2D eigenvalue weighted by atomic mass is 10.1. The lowest BCUT2D eigenvalue weighted by molar-refractivity contribution is -0.156.